The first-order chi connectivity index (χ1) is 14.2. The van der Waals surface area contributed by atoms with E-state index in [0.29, 0.717) is 10.0 Å². The van der Waals surface area contributed by atoms with Crippen molar-refractivity contribution in [1.29, 1.82) is 0 Å². The van der Waals surface area contributed by atoms with Crippen LogP contribution in [-0.2, 0) is 0 Å². The van der Waals surface area contributed by atoms with E-state index in [0.717, 1.165) is 69.0 Å². The summed E-state index contributed by atoms with van der Waals surface area (Å²) >= 11 is 14.3. The molecule has 4 nitrogen and oxygen atoms in total. The molecule has 4 rings (SSSR count). The van der Waals surface area contributed by atoms with Crippen molar-refractivity contribution in [2.75, 3.05) is 49.5 Å². The third-order valence-electron chi connectivity index (χ3n) is 5.42. The number of anilines is 2. The molecule has 1 fully saturated rings. The van der Waals surface area contributed by atoms with Crippen LogP contribution in [0.15, 0.2) is 41.9 Å². The first-order valence-electron chi connectivity index (χ1n) is 10.2. The number of thiazole rings is 1. The van der Waals surface area contributed by atoms with Gasteiger partial charge < -0.3 is 15.1 Å². The molecule has 1 aromatic heterocycles. The highest BCUT2D eigenvalue weighted by Gasteiger charge is 2.17. The summed E-state index contributed by atoms with van der Waals surface area (Å²) in [4.78, 5) is 9.32. The van der Waals surface area contributed by atoms with Gasteiger partial charge >= 0.3 is 0 Å². The number of rotatable bonds is 7. The van der Waals surface area contributed by atoms with Crippen LogP contribution in [0.2, 0.25) is 10.0 Å². The zero-order valence-electron chi connectivity index (χ0n) is 16.4. The molecule has 0 amide bonds. The second kappa shape index (κ2) is 9.98. The summed E-state index contributed by atoms with van der Waals surface area (Å²) in [5.41, 5.74) is 5.19. The Morgan fingerprint density at radius 1 is 1.03 bits per heavy atom. The van der Waals surface area contributed by atoms with Gasteiger partial charge in [-0.15, -0.1) is 11.3 Å². The smallest absolute Gasteiger partial charge is 0.0832 e. The van der Waals surface area contributed by atoms with E-state index in [9.17, 15) is 0 Å². The minimum atomic E-state index is 0.631. The van der Waals surface area contributed by atoms with Crippen molar-refractivity contribution in [3.05, 3.63) is 52.0 Å². The summed E-state index contributed by atoms with van der Waals surface area (Å²) in [6, 6.07) is 12.3. The molecule has 0 spiro atoms. The number of nitrogens with one attached hydrogen (secondary N) is 1. The Kier molecular flexibility index (Phi) is 7.14. The number of hydrogen-bond donors (Lipinski definition) is 1. The van der Waals surface area contributed by atoms with Gasteiger partial charge in [0.25, 0.3) is 0 Å². The van der Waals surface area contributed by atoms with Crippen molar-refractivity contribution < 1.29 is 0 Å². The molecule has 0 atom stereocenters. The van der Waals surface area contributed by atoms with E-state index in [1.165, 1.54) is 11.1 Å². The summed E-state index contributed by atoms with van der Waals surface area (Å²) < 4.78 is 1.24. The van der Waals surface area contributed by atoms with E-state index in [4.69, 9.17) is 23.2 Å². The van der Waals surface area contributed by atoms with Crippen molar-refractivity contribution in [2.24, 2.45) is 0 Å². The number of halogens is 2. The molecule has 0 unspecified atom stereocenters. The topological polar surface area (TPSA) is 31.4 Å². The number of benzene rings is 2. The first-order valence-corrected chi connectivity index (χ1v) is 11.8. The van der Waals surface area contributed by atoms with E-state index in [2.05, 4.69) is 44.4 Å². The summed E-state index contributed by atoms with van der Waals surface area (Å²) in [5, 5.41) is 4.83. The predicted molar refractivity (Wildman–Crippen MR) is 127 cm³/mol. The Morgan fingerprint density at radius 2 is 1.97 bits per heavy atom. The lowest BCUT2D eigenvalue weighted by atomic mass is 10.2. The van der Waals surface area contributed by atoms with Crippen LogP contribution >= 0.6 is 34.5 Å². The average molecular weight is 449 g/mol. The van der Waals surface area contributed by atoms with Gasteiger partial charge in [-0.25, -0.2) is 4.98 Å². The van der Waals surface area contributed by atoms with E-state index < -0.39 is 0 Å². The van der Waals surface area contributed by atoms with Crippen molar-refractivity contribution in [2.45, 2.75) is 19.3 Å². The van der Waals surface area contributed by atoms with Crippen LogP contribution in [0, 0.1) is 0 Å². The van der Waals surface area contributed by atoms with Crippen LogP contribution in [0.1, 0.15) is 19.3 Å². The lowest BCUT2D eigenvalue weighted by Crippen LogP contribution is -2.31. The molecule has 3 aromatic rings. The number of nitrogens with zero attached hydrogens (tertiary/aromatic N) is 3. The van der Waals surface area contributed by atoms with Crippen molar-refractivity contribution in [3.63, 3.8) is 0 Å². The lowest BCUT2D eigenvalue weighted by molar-refractivity contribution is 0.288. The van der Waals surface area contributed by atoms with Crippen LogP contribution < -0.4 is 10.2 Å². The number of aromatic nitrogens is 1. The molecule has 1 aliphatic heterocycles. The highest BCUT2D eigenvalue weighted by molar-refractivity contribution is 7.16. The van der Waals surface area contributed by atoms with E-state index in [1.807, 2.05) is 17.6 Å². The Labute approximate surface area is 186 Å². The maximum atomic E-state index is 6.41. The maximum absolute atomic E-state index is 6.41. The quantitative estimate of drug-likeness (QED) is 0.448. The van der Waals surface area contributed by atoms with Gasteiger partial charge in [-0.2, -0.15) is 0 Å². The first kappa shape index (κ1) is 20.7. The van der Waals surface area contributed by atoms with Crippen LogP contribution in [0.5, 0.6) is 0 Å². The predicted octanol–water partition coefficient (Wildman–Crippen LogP) is 6.01. The summed E-state index contributed by atoms with van der Waals surface area (Å²) in [6.45, 7) is 6.36. The van der Waals surface area contributed by atoms with Crippen LogP contribution in [0.3, 0.4) is 0 Å². The fourth-order valence-electron chi connectivity index (χ4n) is 3.83. The Balaban J connectivity index is 1.19. The van der Waals surface area contributed by atoms with Gasteiger partial charge in [0.1, 0.15) is 0 Å². The zero-order valence-corrected chi connectivity index (χ0v) is 18.7. The van der Waals surface area contributed by atoms with Gasteiger partial charge in [-0.1, -0.05) is 29.3 Å². The summed E-state index contributed by atoms with van der Waals surface area (Å²) in [6.07, 6.45) is 3.51. The molecule has 0 radical (unpaired) electrons. The third-order valence-corrected chi connectivity index (χ3v) is 7.04. The normalized spacial score (nSPS) is 15.6. The molecule has 0 aliphatic carbocycles. The molecule has 1 N–H and O–H groups in total. The number of unbranched alkanes of at least 4 members (excludes halogenated alkanes) is 1. The van der Waals surface area contributed by atoms with Crippen molar-refractivity contribution in [3.8, 4) is 0 Å². The Bertz CT molecular complexity index is 945. The van der Waals surface area contributed by atoms with Gasteiger partial charge in [-0.3, -0.25) is 0 Å². The third kappa shape index (κ3) is 5.34. The van der Waals surface area contributed by atoms with Gasteiger partial charge in [0.15, 0.2) is 0 Å². The molecule has 29 heavy (non-hydrogen) atoms. The second-order valence-corrected chi connectivity index (χ2v) is 9.10. The van der Waals surface area contributed by atoms with Crippen LogP contribution in [0.25, 0.3) is 10.2 Å². The molecule has 1 saturated heterocycles. The lowest BCUT2D eigenvalue weighted by Gasteiger charge is -2.25. The minimum Gasteiger partial charge on any atom is -0.385 e. The molecular formula is C22H26Cl2N4S. The van der Waals surface area contributed by atoms with Gasteiger partial charge in [0, 0.05) is 31.9 Å². The molecule has 1 aliphatic rings. The second-order valence-electron chi connectivity index (χ2n) is 7.42. The monoisotopic (exact) mass is 448 g/mol. The highest BCUT2D eigenvalue weighted by Crippen LogP contribution is 2.32. The van der Waals surface area contributed by atoms with Gasteiger partial charge in [0.2, 0.25) is 0 Å². The van der Waals surface area contributed by atoms with E-state index in [-0.39, 0.29) is 0 Å². The van der Waals surface area contributed by atoms with Crippen LogP contribution in [0.4, 0.5) is 11.4 Å². The average Bonchev–Trinajstić information content (AvgIpc) is 3.07. The molecule has 154 valence electrons. The number of hydrogen-bond acceptors (Lipinski definition) is 5. The Morgan fingerprint density at radius 3 is 2.90 bits per heavy atom. The Hall–Kier alpha value is -1.53. The highest BCUT2D eigenvalue weighted by atomic mass is 35.5. The standard InChI is InChI=1S/C22H26Cl2N4S/c23-18-5-3-6-20(22(18)24)28-12-4-11-27(13-14-28)10-2-1-9-25-17-7-8-21-19(15-17)26-16-29-21/h3,5-8,15-16,25H,1-2,4,9-14H2. The molecular weight excluding hydrogens is 423 g/mol. The fraction of sp³-hybridized carbons (Fsp3) is 0.409. The molecule has 0 bridgehead atoms. The minimum absolute atomic E-state index is 0.631. The molecule has 2 heterocycles. The largest absolute Gasteiger partial charge is 0.385 e. The summed E-state index contributed by atoms with van der Waals surface area (Å²) in [5.74, 6) is 0. The van der Waals surface area contributed by atoms with E-state index >= 15 is 0 Å². The van der Waals surface area contributed by atoms with Crippen molar-refractivity contribution in [1.82, 2.24) is 9.88 Å². The molecule has 0 saturated carbocycles. The maximum Gasteiger partial charge on any atom is 0.0832 e. The van der Waals surface area contributed by atoms with Crippen molar-refractivity contribution >= 4 is 56.1 Å². The zero-order chi connectivity index (χ0) is 20.1. The molecule has 2 aromatic carbocycles. The van der Waals surface area contributed by atoms with Gasteiger partial charge in [0.05, 0.1) is 31.5 Å². The fourth-order valence-corrected chi connectivity index (χ4v) is 4.91. The van der Waals surface area contributed by atoms with Crippen LogP contribution in [-0.4, -0.2) is 49.2 Å². The molecule has 7 heteroatoms. The number of fused-ring (bicyclic) bond motifs is 1. The summed E-state index contributed by atoms with van der Waals surface area (Å²) in [7, 11) is 0. The van der Waals surface area contributed by atoms with E-state index in [1.54, 1.807) is 11.3 Å². The SMILES string of the molecule is Clc1cccc(N2CCCN(CCCCNc3ccc4scnc4c3)CC2)c1Cl. The van der Waals surface area contributed by atoms with Gasteiger partial charge in [-0.05, 0) is 62.7 Å².